The third-order valence-electron chi connectivity index (χ3n) is 3.96. The van der Waals surface area contributed by atoms with E-state index in [1.165, 1.54) is 0 Å². The minimum atomic E-state index is 0.399. The Labute approximate surface area is 156 Å². The van der Waals surface area contributed by atoms with Crippen LogP contribution in [-0.4, -0.2) is 22.3 Å². The van der Waals surface area contributed by atoms with Gasteiger partial charge in [0.1, 0.15) is 23.8 Å². The van der Waals surface area contributed by atoms with Gasteiger partial charge < -0.3 is 13.9 Å². The number of benzene rings is 2. The van der Waals surface area contributed by atoms with Crippen LogP contribution in [0.3, 0.4) is 0 Å². The predicted molar refractivity (Wildman–Crippen MR) is 100 cm³/mol. The minimum absolute atomic E-state index is 0.399. The lowest BCUT2D eigenvalue weighted by Crippen LogP contribution is -1.95. The third kappa shape index (κ3) is 3.95. The molecule has 27 heavy (non-hydrogen) atoms. The van der Waals surface area contributed by atoms with E-state index in [1.807, 2.05) is 66.7 Å². The number of ether oxygens (including phenoxy) is 2. The highest BCUT2D eigenvalue weighted by Crippen LogP contribution is 2.24. The zero-order chi connectivity index (χ0) is 18.5. The summed E-state index contributed by atoms with van der Waals surface area (Å²) in [7, 11) is 1.63. The van der Waals surface area contributed by atoms with Crippen molar-refractivity contribution in [2.45, 2.75) is 6.61 Å². The maximum Gasteiger partial charge on any atom is 0.266 e. The van der Waals surface area contributed by atoms with Crippen molar-refractivity contribution in [3.63, 3.8) is 0 Å². The molecule has 0 aliphatic carbocycles. The maximum atomic E-state index is 5.80. The number of nitrogens with zero attached hydrogens (tertiary/aromatic N) is 3. The fourth-order valence-electron chi connectivity index (χ4n) is 2.53. The van der Waals surface area contributed by atoms with Crippen molar-refractivity contribution in [3.05, 3.63) is 78.5 Å². The fraction of sp³-hybridized carbons (Fsp3) is 0.0952. The molecule has 0 amide bonds. The summed E-state index contributed by atoms with van der Waals surface area (Å²) < 4.78 is 16.7. The summed E-state index contributed by atoms with van der Waals surface area (Å²) in [5.74, 6) is 2.38. The summed E-state index contributed by atoms with van der Waals surface area (Å²) in [6, 6.07) is 20.9. The van der Waals surface area contributed by atoms with Gasteiger partial charge in [-0.05, 0) is 42.0 Å². The molecule has 2 aromatic carbocycles. The number of aromatic nitrogens is 3. The van der Waals surface area contributed by atoms with Crippen LogP contribution >= 0.6 is 0 Å². The van der Waals surface area contributed by atoms with Crippen molar-refractivity contribution in [1.82, 2.24) is 15.2 Å². The van der Waals surface area contributed by atoms with Gasteiger partial charge >= 0.3 is 0 Å². The Kier molecular flexibility index (Phi) is 4.78. The SMILES string of the molecule is COc1cccc(OCc2ccc(-c3nnc(-c4ccccn4)o3)cc2)c1. The molecule has 0 N–H and O–H groups in total. The molecule has 6 nitrogen and oxygen atoms in total. The molecule has 2 aromatic heterocycles. The first-order chi connectivity index (χ1) is 13.3. The maximum absolute atomic E-state index is 5.80. The number of pyridine rings is 1. The van der Waals surface area contributed by atoms with Crippen LogP contribution in [0.5, 0.6) is 11.5 Å². The Morgan fingerprint density at radius 1 is 0.852 bits per heavy atom. The molecule has 134 valence electrons. The van der Waals surface area contributed by atoms with Crippen LogP contribution < -0.4 is 9.47 Å². The monoisotopic (exact) mass is 359 g/mol. The molecule has 0 unspecified atom stereocenters. The van der Waals surface area contributed by atoms with Gasteiger partial charge in [0.25, 0.3) is 5.89 Å². The standard InChI is InChI=1S/C21H17N3O3/c1-25-17-5-4-6-18(13-17)26-14-15-8-10-16(11-9-15)20-23-24-21(27-20)19-7-2-3-12-22-19/h2-13H,14H2,1H3. The van der Waals surface area contributed by atoms with Gasteiger partial charge in [0.2, 0.25) is 5.89 Å². The average molecular weight is 359 g/mol. The second-order valence-electron chi connectivity index (χ2n) is 5.79. The summed E-state index contributed by atoms with van der Waals surface area (Å²) in [5, 5.41) is 8.17. The lowest BCUT2D eigenvalue weighted by molar-refractivity contribution is 0.303. The minimum Gasteiger partial charge on any atom is -0.497 e. The van der Waals surface area contributed by atoms with Crippen LogP contribution in [0.25, 0.3) is 23.0 Å². The second kappa shape index (κ2) is 7.70. The molecule has 0 bridgehead atoms. The van der Waals surface area contributed by atoms with E-state index in [9.17, 15) is 0 Å². The van der Waals surface area contributed by atoms with E-state index < -0.39 is 0 Å². The first kappa shape index (κ1) is 16.8. The van der Waals surface area contributed by atoms with Crippen LogP contribution in [0.2, 0.25) is 0 Å². The predicted octanol–water partition coefficient (Wildman–Crippen LogP) is 4.39. The van der Waals surface area contributed by atoms with Crippen molar-refractivity contribution in [2.75, 3.05) is 7.11 Å². The van der Waals surface area contributed by atoms with E-state index in [0.29, 0.717) is 24.1 Å². The number of hydrogen-bond donors (Lipinski definition) is 0. The smallest absolute Gasteiger partial charge is 0.266 e. The van der Waals surface area contributed by atoms with Gasteiger partial charge in [0, 0.05) is 17.8 Å². The summed E-state index contributed by atoms with van der Waals surface area (Å²) >= 11 is 0. The second-order valence-corrected chi connectivity index (χ2v) is 5.79. The van der Waals surface area contributed by atoms with Gasteiger partial charge in [-0.3, -0.25) is 4.98 Å². The van der Waals surface area contributed by atoms with Gasteiger partial charge in [-0.1, -0.05) is 24.3 Å². The molecular formula is C21H17N3O3. The van der Waals surface area contributed by atoms with Crippen molar-refractivity contribution in [3.8, 4) is 34.5 Å². The summed E-state index contributed by atoms with van der Waals surface area (Å²) in [6.07, 6.45) is 1.69. The highest BCUT2D eigenvalue weighted by molar-refractivity contribution is 5.56. The van der Waals surface area contributed by atoms with Crippen molar-refractivity contribution >= 4 is 0 Å². The first-order valence-corrected chi connectivity index (χ1v) is 8.43. The first-order valence-electron chi connectivity index (χ1n) is 8.43. The van der Waals surface area contributed by atoms with Crippen molar-refractivity contribution < 1.29 is 13.9 Å². The van der Waals surface area contributed by atoms with E-state index in [-0.39, 0.29) is 0 Å². The quantitative estimate of drug-likeness (QED) is 0.509. The van der Waals surface area contributed by atoms with Gasteiger partial charge in [0.15, 0.2) is 0 Å². The number of rotatable bonds is 6. The van der Waals surface area contributed by atoms with Gasteiger partial charge in [0.05, 0.1) is 7.11 Å². The molecule has 0 saturated heterocycles. The summed E-state index contributed by atoms with van der Waals surface area (Å²) in [5.41, 5.74) is 2.53. The van der Waals surface area contributed by atoms with Crippen LogP contribution in [0.15, 0.2) is 77.3 Å². The molecule has 2 heterocycles. The molecule has 6 heteroatoms. The lowest BCUT2D eigenvalue weighted by atomic mass is 10.1. The Bertz CT molecular complexity index is 1010. The van der Waals surface area contributed by atoms with E-state index in [2.05, 4.69) is 15.2 Å². The largest absolute Gasteiger partial charge is 0.497 e. The van der Waals surface area contributed by atoms with Crippen molar-refractivity contribution in [2.24, 2.45) is 0 Å². The zero-order valence-electron chi connectivity index (χ0n) is 14.7. The van der Waals surface area contributed by atoms with Crippen LogP contribution in [0.4, 0.5) is 0 Å². The Morgan fingerprint density at radius 3 is 2.44 bits per heavy atom. The van der Waals surface area contributed by atoms with E-state index in [4.69, 9.17) is 13.9 Å². The Hall–Kier alpha value is -3.67. The topological polar surface area (TPSA) is 70.3 Å². The van der Waals surface area contributed by atoms with E-state index in [1.54, 1.807) is 13.3 Å². The van der Waals surface area contributed by atoms with Crippen LogP contribution in [0, 0.1) is 0 Å². The molecule has 0 radical (unpaired) electrons. The molecule has 4 aromatic rings. The van der Waals surface area contributed by atoms with E-state index >= 15 is 0 Å². The van der Waals surface area contributed by atoms with Gasteiger partial charge in [-0.2, -0.15) is 0 Å². The van der Waals surface area contributed by atoms with Crippen LogP contribution in [0.1, 0.15) is 5.56 Å². The van der Waals surface area contributed by atoms with Crippen molar-refractivity contribution in [1.29, 1.82) is 0 Å². The zero-order valence-corrected chi connectivity index (χ0v) is 14.7. The fourth-order valence-corrected chi connectivity index (χ4v) is 2.53. The summed E-state index contributed by atoms with van der Waals surface area (Å²) in [4.78, 5) is 4.21. The molecule has 0 aliphatic rings. The molecule has 0 fully saturated rings. The molecule has 0 saturated carbocycles. The third-order valence-corrected chi connectivity index (χ3v) is 3.96. The normalized spacial score (nSPS) is 10.6. The highest BCUT2D eigenvalue weighted by Gasteiger charge is 2.11. The van der Waals surface area contributed by atoms with Gasteiger partial charge in [-0.15, -0.1) is 10.2 Å². The van der Waals surface area contributed by atoms with Gasteiger partial charge in [-0.25, -0.2) is 0 Å². The van der Waals surface area contributed by atoms with Crippen LogP contribution in [-0.2, 0) is 6.61 Å². The molecule has 4 rings (SSSR count). The molecule has 0 aliphatic heterocycles. The Morgan fingerprint density at radius 2 is 1.67 bits per heavy atom. The summed E-state index contributed by atoms with van der Waals surface area (Å²) in [6.45, 7) is 0.455. The van der Waals surface area contributed by atoms with E-state index in [0.717, 1.165) is 22.6 Å². The molecule has 0 spiro atoms. The number of hydrogen-bond acceptors (Lipinski definition) is 6. The molecule has 0 atom stereocenters. The molecular weight excluding hydrogens is 342 g/mol. The highest BCUT2D eigenvalue weighted by atomic mass is 16.5. The lowest BCUT2D eigenvalue weighted by Gasteiger charge is -2.08. The average Bonchev–Trinajstić information content (AvgIpc) is 3.24. The Balaban J connectivity index is 1.44. The number of methoxy groups -OCH3 is 1.